The molecule has 1 aliphatic heterocycles. The number of hydrogen-bond donors (Lipinski definition) is 2. The normalized spacial score (nSPS) is 18.0. The van der Waals surface area contributed by atoms with E-state index in [4.69, 9.17) is 4.74 Å². The van der Waals surface area contributed by atoms with E-state index in [0.717, 1.165) is 12.8 Å². The molecule has 0 aromatic heterocycles. The lowest BCUT2D eigenvalue weighted by Crippen LogP contribution is -2.38. The van der Waals surface area contributed by atoms with Crippen molar-refractivity contribution < 1.29 is 14.3 Å². The number of ether oxygens (including phenoxy) is 1. The van der Waals surface area contributed by atoms with Crippen LogP contribution < -0.4 is 20.3 Å². The van der Waals surface area contributed by atoms with Crippen molar-refractivity contribution in [3.63, 3.8) is 0 Å². The molecule has 0 saturated heterocycles. The van der Waals surface area contributed by atoms with Crippen LogP contribution in [0.2, 0.25) is 0 Å². The lowest BCUT2D eigenvalue weighted by molar-refractivity contribution is -0.121. The average Bonchev–Trinajstić information content (AvgIpc) is 3.04. The van der Waals surface area contributed by atoms with Crippen LogP contribution in [0.5, 0.6) is 5.75 Å². The van der Waals surface area contributed by atoms with Crippen LogP contribution in [0, 0.1) is 0 Å². The summed E-state index contributed by atoms with van der Waals surface area (Å²) < 4.78 is 5.45. The van der Waals surface area contributed by atoms with E-state index in [1.807, 2.05) is 19.1 Å². The van der Waals surface area contributed by atoms with Crippen LogP contribution in [0.15, 0.2) is 42.5 Å². The zero-order valence-electron chi connectivity index (χ0n) is 14.6. The summed E-state index contributed by atoms with van der Waals surface area (Å²) in [6.07, 6.45) is 1.88. The molecule has 4 rings (SSSR count). The number of likely N-dealkylation sites (N-methyl/N-ethyl adjacent to an activating group) is 1. The number of nitrogens with one attached hydrogen (secondary N) is 2. The molecular weight excluding hydrogens is 330 g/mol. The van der Waals surface area contributed by atoms with Gasteiger partial charge < -0.3 is 20.3 Å². The summed E-state index contributed by atoms with van der Waals surface area (Å²) in [7, 11) is 0. The molecule has 2 N–H and O–H groups in total. The molecule has 6 nitrogen and oxygen atoms in total. The maximum atomic E-state index is 12.4. The predicted molar refractivity (Wildman–Crippen MR) is 99.6 cm³/mol. The monoisotopic (exact) mass is 351 g/mol. The number of hydrogen-bond acceptors (Lipinski definition) is 3. The maximum absolute atomic E-state index is 12.4. The van der Waals surface area contributed by atoms with Crippen molar-refractivity contribution in [1.29, 1.82) is 0 Å². The summed E-state index contributed by atoms with van der Waals surface area (Å²) in [4.78, 5) is 26.1. The van der Waals surface area contributed by atoms with Crippen LogP contribution in [0.4, 0.5) is 16.2 Å². The van der Waals surface area contributed by atoms with E-state index in [2.05, 4.69) is 22.8 Å². The lowest BCUT2D eigenvalue weighted by atomic mass is 10.1. The fourth-order valence-electron chi connectivity index (χ4n) is 3.66. The number of benzene rings is 2. The molecule has 6 heteroatoms. The first kappa shape index (κ1) is 16.4. The fraction of sp³-hybridized carbons (Fsp3) is 0.300. The molecule has 134 valence electrons. The van der Waals surface area contributed by atoms with E-state index in [9.17, 15) is 9.59 Å². The van der Waals surface area contributed by atoms with Crippen molar-refractivity contribution in [3.8, 4) is 5.75 Å². The molecule has 0 bridgehead atoms. The fourth-order valence-corrected chi connectivity index (χ4v) is 3.66. The second-order valence-corrected chi connectivity index (χ2v) is 6.50. The molecule has 1 atom stereocenters. The van der Waals surface area contributed by atoms with Crippen LogP contribution in [0.25, 0.3) is 0 Å². The van der Waals surface area contributed by atoms with E-state index >= 15 is 0 Å². The summed E-state index contributed by atoms with van der Waals surface area (Å²) in [5.41, 5.74) is 3.79. The summed E-state index contributed by atoms with van der Waals surface area (Å²) in [6, 6.07) is 13.3. The smallest absolute Gasteiger partial charge is 0.319 e. The molecule has 0 unspecified atom stereocenters. The van der Waals surface area contributed by atoms with Gasteiger partial charge in [-0.15, -0.1) is 0 Å². The van der Waals surface area contributed by atoms with Crippen LogP contribution in [0.1, 0.15) is 30.5 Å². The average molecular weight is 351 g/mol. The van der Waals surface area contributed by atoms with E-state index in [0.29, 0.717) is 23.7 Å². The molecule has 0 radical (unpaired) electrons. The summed E-state index contributed by atoms with van der Waals surface area (Å²) >= 11 is 0. The quantitative estimate of drug-likeness (QED) is 0.892. The molecular formula is C20H21N3O3. The van der Waals surface area contributed by atoms with Gasteiger partial charge in [0.25, 0.3) is 5.91 Å². The molecule has 1 aliphatic carbocycles. The molecule has 2 aromatic carbocycles. The highest BCUT2D eigenvalue weighted by Crippen LogP contribution is 2.35. The molecule has 0 saturated carbocycles. The van der Waals surface area contributed by atoms with Gasteiger partial charge >= 0.3 is 6.03 Å². The van der Waals surface area contributed by atoms with Gasteiger partial charge in [0, 0.05) is 12.2 Å². The van der Waals surface area contributed by atoms with Crippen molar-refractivity contribution >= 4 is 23.3 Å². The minimum Gasteiger partial charge on any atom is -0.482 e. The number of anilines is 2. The molecule has 2 aromatic rings. The van der Waals surface area contributed by atoms with Gasteiger partial charge in [-0.3, -0.25) is 4.79 Å². The number of fused-ring (bicyclic) bond motifs is 2. The van der Waals surface area contributed by atoms with Gasteiger partial charge in [0.15, 0.2) is 6.61 Å². The summed E-state index contributed by atoms with van der Waals surface area (Å²) in [5.74, 6) is 0.575. The predicted octanol–water partition coefficient (Wildman–Crippen LogP) is 3.24. The Morgan fingerprint density at radius 1 is 1.27 bits per heavy atom. The molecule has 0 spiro atoms. The van der Waals surface area contributed by atoms with Crippen molar-refractivity contribution in [3.05, 3.63) is 53.6 Å². The Bertz CT molecular complexity index is 865. The van der Waals surface area contributed by atoms with Crippen molar-refractivity contribution in [2.75, 3.05) is 23.4 Å². The molecule has 26 heavy (non-hydrogen) atoms. The van der Waals surface area contributed by atoms with Gasteiger partial charge in [0.2, 0.25) is 0 Å². The zero-order valence-corrected chi connectivity index (χ0v) is 14.6. The third-order valence-electron chi connectivity index (χ3n) is 4.91. The first-order valence-electron chi connectivity index (χ1n) is 8.88. The van der Waals surface area contributed by atoms with Crippen molar-refractivity contribution in [2.24, 2.45) is 0 Å². The van der Waals surface area contributed by atoms with Gasteiger partial charge in [-0.1, -0.05) is 24.3 Å². The summed E-state index contributed by atoms with van der Waals surface area (Å²) in [5, 5.41) is 5.90. The largest absolute Gasteiger partial charge is 0.482 e. The minimum atomic E-state index is -0.252. The van der Waals surface area contributed by atoms with Crippen LogP contribution in [-0.2, 0) is 11.2 Å². The van der Waals surface area contributed by atoms with E-state index in [1.54, 1.807) is 23.1 Å². The molecule has 2 aliphatic rings. The second kappa shape index (κ2) is 6.71. The second-order valence-electron chi connectivity index (χ2n) is 6.50. The summed E-state index contributed by atoms with van der Waals surface area (Å²) in [6.45, 7) is 2.52. The van der Waals surface area contributed by atoms with E-state index in [-0.39, 0.29) is 24.6 Å². The zero-order chi connectivity index (χ0) is 18.1. The molecule has 1 heterocycles. The van der Waals surface area contributed by atoms with Gasteiger partial charge in [-0.05, 0) is 49.1 Å². The number of rotatable bonds is 3. The highest BCUT2D eigenvalue weighted by atomic mass is 16.5. The Morgan fingerprint density at radius 2 is 2.12 bits per heavy atom. The standard InChI is InChI=1S/C20H21N3O3/c1-2-23-17-11-14(8-10-18(17)26-12-19(23)24)21-20(25)22-16-9-7-13-5-3-4-6-15(13)16/h3-6,8,10-11,16H,2,7,9,12H2,1H3,(H2,21,22,25)/t16-/m1/s1. The highest BCUT2D eigenvalue weighted by molar-refractivity contribution is 5.99. The third-order valence-corrected chi connectivity index (χ3v) is 4.91. The topological polar surface area (TPSA) is 70.7 Å². The molecule has 3 amide bonds. The van der Waals surface area contributed by atoms with Crippen molar-refractivity contribution in [1.82, 2.24) is 5.32 Å². The van der Waals surface area contributed by atoms with Gasteiger partial charge in [0.05, 0.1) is 11.7 Å². The number of carbonyl (C=O) groups is 2. The number of amides is 3. The number of aryl methyl sites for hydroxylation is 1. The highest BCUT2D eigenvalue weighted by Gasteiger charge is 2.26. The van der Waals surface area contributed by atoms with Crippen LogP contribution in [-0.4, -0.2) is 25.1 Å². The third kappa shape index (κ3) is 2.98. The van der Waals surface area contributed by atoms with Gasteiger partial charge in [-0.25, -0.2) is 4.79 Å². The first-order valence-corrected chi connectivity index (χ1v) is 8.88. The lowest BCUT2D eigenvalue weighted by Gasteiger charge is -2.28. The Hall–Kier alpha value is -3.02. The van der Waals surface area contributed by atoms with E-state index < -0.39 is 0 Å². The van der Waals surface area contributed by atoms with Gasteiger partial charge in [-0.2, -0.15) is 0 Å². The van der Waals surface area contributed by atoms with Gasteiger partial charge in [0.1, 0.15) is 5.75 Å². The Labute approximate surface area is 152 Å². The maximum Gasteiger partial charge on any atom is 0.319 e. The van der Waals surface area contributed by atoms with Crippen LogP contribution >= 0.6 is 0 Å². The van der Waals surface area contributed by atoms with Crippen molar-refractivity contribution in [2.45, 2.75) is 25.8 Å². The number of carbonyl (C=O) groups excluding carboxylic acids is 2. The minimum absolute atomic E-state index is 0.0286. The Kier molecular flexibility index (Phi) is 4.24. The Balaban J connectivity index is 1.47. The Morgan fingerprint density at radius 3 is 2.96 bits per heavy atom. The first-order chi connectivity index (χ1) is 12.7. The SMILES string of the molecule is CCN1C(=O)COc2ccc(NC(=O)N[C@@H]3CCc4ccccc43)cc21. The number of urea groups is 1. The van der Waals surface area contributed by atoms with E-state index in [1.165, 1.54) is 11.1 Å². The van der Waals surface area contributed by atoms with Crippen LogP contribution in [0.3, 0.4) is 0 Å². The molecule has 0 fully saturated rings. The number of nitrogens with zero attached hydrogens (tertiary/aromatic N) is 1.